The number of nitriles is 1. The summed E-state index contributed by atoms with van der Waals surface area (Å²) in [5.41, 5.74) is 1.68. The van der Waals surface area contributed by atoms with Gasteiger partial charge in [0.25, 0.3) is 0 Å². The van der Waals surface area contributed by atoms with Crippen molar-refractivity contribution in [3.63, 3.8) is 0 Å². The van der Waals surface area contributed by atoms with E-state index in [1.54, 1.807) is 37.6 Å². The molecule has 17 heavy (non-hydrogen) atoms. The van der Waals surface area contributed by atoms with Crippen LogP contribution in [-0.2, 0) is 0 Å². The van der Waals surface area contributed by atoms with Crippen molar-refractivity contribution >= 4 is 35.2 Å². The van der Waals surface area contributed by atoms with Gasteiger partial charge in [-0.15, -0.1) is 0 Å². The summed E-state index contributed by atoms with van der Waals surface area (Å²) in [5.74, 6) is 0. The maximum Gasteiger partial charge on any atom is 0.488 e. The first-order valence-corrected chi connectivity index (χ1v) is 6.06. The summed E-state index contributed by atoms with van der Waals surface area (Å²) in [6.45, 7) is 1.75. The highest BCUT2D eigenvalue weighted by atomic mass is 32.2. The molecule has 3 N–H and O–H groups in total. The van der Waals surface area contributed by atoms with Crippen LogP contribution in [-0.4, -0.2) is 28.6 Å². The van der Waals surface area contributed by atoms with Crippen molar-refractivity contribution in [1.29, 1.82) is 5.26 Å². The molecule has 0 saturated carbocycles. The van der Waals surface area contributed by atoms with Crippen LogP contribution in [0.5, 0.6) is 0 Å². The van der Waals surface area contributed by atoms with Crippen LogP contribution in [0.2, 0.25) is 0 Å². The Bertz CT molecular complexity index is 471. The van der Waals surface area contributed by atoms with E-state index in [9.17, 15) is 0 Å². The number of hydrogen-bond acceptors (Lipinski definition) is 5. The zero-order valence-corrected chi connectivity index (χ0v) is 10.3. The molecule has 88 valence electrons. The SMILES string of the molecule is CSC(=Nc1cccc(B(O)O)c1C)NC#N. The van der Waals surface area contributed by atoms with E-state index in [1.807, 2.05) is 0 Å². The Morgan fingerprint density at radius 2 is 2.24 bits per heavy atom. The first kappa shape index (κ1) is 13.6. The second-order valence-electron chi connectivity index (χ2n) is 3.22. The van der Waals surface area contributed by atoms with Crippen molar-refractivity contribution in [2.45, 2.75) is 6.92 Å². The van der Waals surface area contributed by atoms with Crippen molar-refractivity contribution in [3.05, 3.63) is 23.8 Å². The van der Waals surface area contributed by atoms with Crippen LogP contribution in [0.15, 0.2) is 23.2 Å². The quantitative estimate of drug-likeness (QED) is 0.227. The number of amidine groups is 1. The van der Waals surface area contributed by atoms with Crippen LogP contribution in [0.3, 0.4) is 0 Å². The second kappa shape index (κ2) is 6.30. The number of thioether (sulfide) groups is 1. The zero-order valence-electron chi connectivity index (χ0n) is 9.51. The van der Waals surface area contributed by atoms with Crippen molar-refractivity contribution in [1.82, 2.24) is 5.32 Å². The Labute approximate surface area is 104 Å². The molecule has 5 nitrogen and oxygen atoms in total. The fourth-order valence-corrected chi connectivity index (χ4v) is 1.66. The molecule has 0 aliphatic heterocycles. The number of hydrogen-bond donors (Lipinski definition) is 3. The van der Waals surface area contributed by atoms with Crippen LogP contribution < -0.4 is 10.8 Å². The van der Waals surface area contributed by atoms with Gasteiger partial charge < -0.3 is 10.0 Å². The van der Waals surface area contributed by atoms with Crippen molar-refractivity contribution in [2.24, 2.45) is 4.99 Å². The molecular weight excluding hydrogens is 237 g/mol. The van der Waals surface area contributed by atoms with Gasteiger partial charge in [0, 0.05) is 0 Å². The minimum atomic E-state index is -1.52. The van der Waals surface area contributed by atoms with Crippen LogP contribution in [0.25, 0.3) is 0 Å². The normalized spacial score (nSPS) is 10.9. The fourth-order valence-electron chi connectivity index (χ4n) is 1.32. The standard InChI is InChI=1S/C10H12BN3O2S/c1-7-8(11(15)16)4-3-5-9(7)14-10(17-2)13-6-12/h3-5,15-16H,1-2H3,(H,13,14). The van der Waals surface area contributed by atoms with E-state index in [4.69, 9.17) is 15.3 Å². The minimum Gasteiger partial charge on any atom is -0.423 e. The summed E-state index contributed by atoms with van der Waals surface area (Å²) in [5, 5.41) is 29.7. The third-order valence-electron chi connectivity index (χ3n) is 2.20. The highest BCUT2D eigenvalue weighted by molar-refractivity contribution is 8.13. The van der Waals surface area contributed by atoms with Crippen molar-refractivity contribution in [3.8, 4) is 6.19 Å². The smallest absolute Gasteiger partial charge is 0.423 e. The Morgan fingerprint density at radius 3 is 2.76 bits per heavy atom. The third kappa shape index (κ3) is 3.49. The summed E-state index contributed by atoms with van der Waals surface area (Å²) in [7, 11) is -1.52. The van der Waals surface area contributed by atoms with Gasteiger partial charge in [0.1, 0.15) is 0 Å². The maximum absolute atomic E-state index is 9.16. The monoisotopic (exact) mass is 249 g/mol. The molecule has 1 rings (SSSR count). The first-order valence-electron chi connectivity index (χ1n) is 4.83. The first-order chi connectivity index (χ1) is 8.10. The Hall–Kier alpha value is -1.49. The van der Waals surface area contributed by atoms with Gasteiger partial charge in [-0.2, -0.15) is 5.26 Å². The Balaban J connectivity index is 3.15. The third-order valence-corrected chi connectivity index (χ3v) is 2.78. The van der Waals surface area contributed by atoms with Crippen molar-refractivity contribution in [2.75, 3.05) is 6.26 Å². The molecule has 0 spiro atoms. The van der Waals surface area contributed by atoms with E-state index in [2.05, 4.69) is 10.3 Å². The Kier molecular flexibility index (Phi) is 5.03. The fraction of sp³-hybridized carbons (Fsp3) is 0.200. The second-order valence-corrected chi connectivity index (χ2v) is 4.02. The molecule has 0 unspecified atom stereocenters. The van der Waals surface area contributed by atoms with Crippen LogP contribution in [0, 0.1) is 18.4 Å². The average molecular weight is 249 g/mol. The van der Waals surface area contributed by atoms with E-state index in [-0.39, 0.29) is 0 Å². The molecule has 1 aromatic carbocycles. The lowest BCUT2D eigenvalue weighted by Gasteiger charge is -2.08. The zero-order chi connectivity index (χ0) is 12.8. The lowest BCUT2D eigenvalue weighted by molar-refractivity contribution is 0.425. The summed E-state index contributed by atoms with van der Waals surface area (Å²) < 4.78 is 0. The molecule has 7 heteroatoms. The van der Waals surface area contributed by atoms with Crippen LogP contribution in [0.1, 0.15) is 5.56 Å². The van der Waals surface area contributed by atoms with Gasteiger partial charge in [0.05, 0.1) is 5.69 Å². The topological polar surface area (TPSA) is 88.6 Å². The summed E-state index contributed by atoms with van der Waals surface area (Å²) in [4.78, 5) is 4.23. The predicted molar refractivity (Wildman–Crippen MR) is 70.4 cm³/mol. The van der Waals surface area contributed by atoms with Gasteiger partial charge in [0.15, 0.2) is 11.4 Å². The van der Waals surface area contributed by atoms with E-state index < -0.39 is 7.12 Å². The molecule has 0 bridgehead atoms. The van der Waals surface area contributed by atoms with Crippen LogP contribution >= 0.6 is 11.8 Å². The van der Waals surface area contributed by atoms with E-state index in [0.717, 1.165) is 0 Å². The maximum atomic E-state index is 9.16. The van der Waals surface area contributed by atoms with Gasteiger partial charge in [-0.1, -0.05) is 23.9 Å². The largest absolute Gasteiger partial charge is 0.488 e. The number of aliphatic imine (C=N–C) groups is 1. The van der Waals surface area contributed by atoms with Gasteiger partial charge in [-0.05, 0) is 30.3 Å². The van der Waals surface area contributed by atoms with Gasteiger partial charge in [-0.25, -0.2) is 4.99 Å². The highest BCUT2D eigenvalue weighted by Gasteiger charge is 2.15. The molecule has 0 radical (unpaired) electrons. The molecule has 0 amide bonds. The predicted octanol–water partition coefficient (Wildman–Crippen LogP) is 0.0960. The number of nitrogens with one attached hydrogen (secondary N) is 1. The molecular formula is C10H12BN3O2S. The lowest BCUT2D eigenvalue weighted by atomic mass is 9.77. The highest BCUT2D eigenvalue weighted by Crippen LogP contribution is 2.17. The van der Waals surface area contributed by atoms with E-state index >= 15 is 0 Å². The van der Waals surface area contributed by atoms with Gasteiger partial charge in [0.2, 0.25) is 0 Å². The lowest BCUT2D eigenvalue weighted by Crippen LogP contribution is -2.31. The van der Waals surface area contributed by atoms with Crippen LogP contribution in [0.4, 0.5) is 5.69 Å². The number of benzene rings is 1. The molecule has 0 saturated heterocycles. The molecule has 0 aromatic heterocycles. The number of rotatable bonds is 2. The van der Waals surface area contributed by atoms with Gasteiger partial charge in [-0.3, -0.25) is 5.32 Å². The molecule has 0 aliphatic rings. The molecule has 1 aromatic rings. The van der Waals surface area contributed by atoms with E-state index in [0.29, 0.717) is 21.9 Å². The molecule has 0 fully saturated rings. The molecule has 0 aliphatic carbocycles. The van der Waals surface area contributed by atoms with Crippen molar-refractivity contribution < 1.29 is 10.0 Å². The summed E-state index contributed by atoms with van der Waals surface area (Å²) >= 11 is 1.30. The van der Waals surface area contributed by atoms with E-state index in [1.165, 1.54) is 11.8 Å². The molecule has 0 heterocycles. The molecule has 0 atom stereocenters. The minimum absolute atomic E-state index is 0.406. The van der Waals surface area contributed by atoms with Gasteiger partial charge >= 0.3 is 7.12 Å². The summed E-state index contributed by atoms with van der Waals surface area (Å²) in [6, 6.07) is 5.05. The average Bonchev–Trinajstić information content (AvgIpc) is 2.30. The Morgan fingerprint density at radius 1 is 1.53 bits per heavy atom. The number of nitrogens with zero attached hydrogens (tertiary/aromatic N) is 2. The summed E-state index contributed by atoms with van der Waals surface area (Å²) in [6.07, 6.45) is 3.59.